The van der Waals surface area contributed by atoms with E-state index in [2.05, 4.69) is 18.3 Å². The summed E-state index contributed by atoms with van der Waals surface area (Å²) < 4.78 is 16.4. The normalized spacial score (nSPS) is 12.3. The van der Waals surface area contributed by atoms with E-state index in [1.807, 2.05) is 33.0 Å². The summed E-state index contributed by atoms with van der Waals surface area (Å²) in [5, 5.41) is 3.36. The Morgan fingerprint density at radius 3 is 2.05 bits per heavy atom. The van der Waals surface area contributed by atoms with Gasteiger partial charge in [-0.05, 0) is 57.1 Å². The fourth-order valence-electron chi connectivity index (χ4n) is 2.72. The average molecular weight is 289 g/mol. The average Bonchev–Trinajstić information content (AvgIpc) is 2.79. The number of methoxy groups -OCH3 is 2. The highest BCUT2D eigenvalue weighted by Crippen LogP contribution is 2.36. The Morgan fingerprint density at radius 1 is 0.952 bits per heavy atom. The van der Waals surface area contributed by atoms with E-state index in [1.165, 1.54) is 0 Å². The van der Waals surface area contributed by atoms with Crippen LogP contribution < -0.4 is 14.8 Å². The monoisotopic (exact) mass is 289 g/mol. The van der Waals surface area contributed by atoms with Crippen molar-refractivity contribution < 1.29 is 13.9 Å². The maximum atomic E-state index is 5.66. The molecule has 2 rings (SSSR count). The largest absolute Gasteiger partial charge is 0.493 e. The van der Waals surface area contributed by atoms with Crippen LogP contribution in [0.4, 0.5) is 0 Å². The lowest BCUT2D eigenvalue weighted by Gasteiger charge is -2.20. The van der Waals surface area contributed by atoms with Crippen LogP contribution in [-0.4, -0.2) is 21.3 Å². The van der Waals surface area contributed by atoms with Gasteiger partial charge in [-0.2, -0.15) is 0 Å². The summed E-state index contributed by atoms with van der Waals surface area (Å²) in [7, 11) is 5.25. The van der Waals surface area contributed by atoms with Crippen LogP contribution in [0.25, 0.3) is 0 Å². The smallest absolute Gasteiger partial charge is 0.161 e. The minimum Gasteiger partial charge on any atom is -0.493 e. The van der Waals surface area contributed by atoms with Crippen molar-refractivity contribution in [1.29, 1.82) is 0 Å². The summed E-state index contributed by atoms with van der Waals surface area (Å²) in [5.41, 5.74) is 3.44. The van der Waals surface area contributed by atoms with Crippen molar-refractivity contribution >= 4 is 0 Å². The van der Waals surface area contributed by atoms with Crippen LogP contribution in [0.15, 0.2) is 22.6 Å². The summed E-state index contributed by atoms with van der Waals surface area (Å²) >= 11 is 0. The lowest BCUT2D eigenvalue weighted by atomic mass is 9.94. The molecule has 4 heteroatoms. The maximum Gasteiger partial charge on any atom is 0.161 e. The van der Waals surface area contributed by atoms with Crippen LogP contribution in [0, 0.1) is 20.8 Å². The van der Waals surface area contributed by atoms with Gasteiger partial charge in [0, 0.05) is 5.56 Å². The second kappa shape index (κ2) is 6.22. The van der Waals surface area contributed by atoms with E-state index >= 15 is 0 Å². The van der Waals surface area contributed by atoms with Crippen molar-refractivity contribution in [2.45, 2.75) is 26.8 Å². The van der Waals surface area contributed by atoms with E-state index in [1.54, 1.807) is 14.2 Å². The summed E-state index contributed by atoms with van der Waals surface area (Å²) in [6, 6.07) is 6.16. The van der Waals surface area contributed by atoms with Crippen LogP contribution in [0.3, 0.4) is 0 Å². The van der Waals surface area contributed by atoms with Gasteiger partial charge in [0.05, 0.1) is 20.3 Å². The molecular weight excluding hydrogens is 266 g/mol. The topological polar surface area (TPSA) is 43.6 Å². The molecule has 0 aliphatic heterocycles. The summed E-state index contributed by atoms with van der Waals surface area (Å²) in [6.07, 6.45) is 0. The van der Waals surface area contributed by atoms with Gasteiger partial charge in [-0.15, -0.1) is 0 Å². The molecule has 0 bridgehead atoms. The van der Waals surface area contributed by atoms with Crippen LogP contribution in [-0.2, 0) is 0 Å². The van der Waals surface area contributed by atoms with Crippen molar-refractivity contribution in [3.8, 4) is 11.5 Å². The standard InChI is InChI=1S/C17H23NO3/c1-10-7-15(19-5)16(20-6)9-13(10)17(18-4)14-8-11(2)21-12(14)3/h7-9,17-18H,1-6H3. The van der Waals surface area contributed by atoms with Gasteiger partial charge in [0.1, 0.15) is 11.5 Å². The second-order valence-corrected chi connectivity index (χ2v) is 5.15. The molecule has 2 aromatic rings. The zero-order valence-electron chi connectivity index (χ0n) is 13.5. The molecule has 0 fully saturated rings. The molecule has 1 unspecified atom stereocenters. The maximum absolute atomic E-state index is 5.66. The summed E-state index contributed by atoms with van der Waals surface area (Å²) in [5.74, 6) is 3.33. The summed E-state index contributed by atoms with van der Waals surface area (Å²) in [4.78, 5) is 0. The van der Waals surface area contributed by atoms with Gasteiger partial charge in [0.15, 0.2) is 11.5 Å². The molecule has 0 aliphatic carbocycles. The van der Waals surface area contributed by atoms with Crippen molar-refractivity contribution in [3.05, 3.63) is 46.4 Å². The van der Waals surface area contributed by atoms with Gasteiger partial charge >= 0.3 is 0 Å². The van der Waals surface area contributed by atoms with Crippen LogP contribution in [0.1, 0.15) is 34.3 Å². The Kier molecular flexibility index (Phi) is 4.58. The molecule has 1 aromatic carbocycles. The first kappa shape index (κ1) is 15.4. The first-order chi connectivity index (χ1) is 10.0. The number of rotatable bonds is 5. The third-order valence-corrected chi connectivity index (χ3v) is 3.76. The molecule has 1 N–H and O–H groups in total. The Balaban J connectivity index is 2.54. The number of hydrogen-bond donors (Lipinski definition) is 1. The van der Waals surface area contributed by atoms with E-state index in [-0.39, 0.29) is 6.04 Å². The lowest BCUT2D eigenvalue weighted by molar-refractivity contribution is 0.354. The molecule has 4 nitrogen and oxygen atoms in total. The molecule has 1 atom stereocenters. The molecule has 0 radical (unpaired) electrons. The highest BCUT2D eigenvalue weighted by molar-refractivity contribution is 5.50. The SMILES string of the molecule is CNC(c1cc(OC)c(OC)cc1C)c1cc(C)oc1C. The number of hydrogen-bond acceptors (Lipinski definition) is 4. The zero-order chi connectivity index (χ0) is 15.6. The number of benzene rings is 1. The molecular formula is C17H23NO3. The van der Waals surface area contributed by atoms with Crippen LogP contribution >= 0.6 is 0 Å². The Hall–Kier alpha value is -1.94. The van der Waals surface area contributed by atoms with Crippen molar-refractivity contribution in [2.24, 2.45) is 0 Å². The van der Waals surface area contributed by atoms with Crippen LogP contribution in [0.2, 0.25) is 0 Å². The number of nitrogens with one attached hydrogen (secondary N) is 1. The number of ether oxygens (including phenoxy) is 2. The van der Waals surface area contributed by atoms with Gasteiger partial charge in [-0.1, -0.05) is 0 Å². The highest BCUT2D eigenvalue weighted by Gasteiger charge is 2.21. The van der Waals surface area contributed by atoms with Crippen molar-refractivity contribution in [2.75, 3.05) is 21.3 Å². The Labute approximate surface area is 126 Å². The number of furan rings is 1. The predicted molar refractivity (Wildman–Crippen MR) is 83.4 cm³/mol. The molecule has 0 spiro atoms. The zero-order valence-corrected chi connectivity index (χ0v) is 13.5. The molecule has 21 heavy (non-hydrogen) atoms. The first-order valence-electron chi connectivity index (χ1n) is 6.98. The highest BCUT2D eigenvalue weighted by atomic mass is 16.5. The molecule has 0 saturated heterocycles. The minimum absolute atomic E-state index is 0.0576. The van der Waals surface area contributed by atoms with Gasteiger partial charge in [0.25, 0.3) is 0 Å². The molecule has 1 aromatic heterocycles. The summed E-state index contributed by atoms with van der Waals surface area (Å²) in [6.45, 7) is 6.03. The van der Waals surface area contributed by atoms with Crippen molar-refractivity contribution in [1.82, 2.24) is 5.32 Å². The van der Waals surface area contributed by atoms with Gasteiger partial charge in [0.2, 0.25) is 0 Å². The third-order valence-electron chi connectivity index (χ3n) is 3.76. The third kappa shape index (κ3) is 2.90. The van der Waals surface area contributed by atoms with Gasteiger partial charge in [-0.25, -0.2) is 0 Å². The molecule has 0 amide bonds. The lowest BCUT2D eigenvalue weighted by Crippen LogP contribution is -2.19. The van der Waals surface area contributed by atoms with Crippen LogP contribution in [0.5, 0.6) is 11.5 Å². The van der Waals surface area contributed by atoms with E-state index in [9.17, 15) is 0 Å². The van der Waals surface area contributed by atoms with E-state index in [4.69, 9.17) is 13.9 Å². The fraction of sp³-hybridized carbons (Fsp3) is 0.412. The number of aryl methyl sites for hydroxylation is 3. The molecule has 0 saturated carbocycles. The second-order valence-electron chi connectivity index (χ2n) is 5.15. The quantitative estimate of drug-likeness (QED) is 0.914. The van der Waals surface area contributed by atoms with E-state index < -0.39 is 0 Å². The molecule has 1 heterocycles. The van der Waals surface area contributed by atoms with E-state index in [0.717, 1.165) is 39.7 Å². The minimum atomic E-state index is 0.0576. The van der Waals surface area contributed by atoms with E-state index in [0.29, 0.717) is 0 Å². The van der Waals surface area contributed by atoms with Gasteiger partial charge in [-0.3, -0.25) is 0 Å². The Morgan fingerprint density at radius 2 is 1.57 bits per heavy atom. The Bertz CT molecular complexity index is 631. The molecule has 0 aliphatic rings. The van der Waals surface area contributed by atoms with Gasteiger partial charge < -0.3 is 19.2 Å². The van der Waals surface area contributed by atoms with Crippen molar-refractivity contribution in [3.63, 3.8) is 0 Å². The fourth-order valence-corrected chi connectivity index (χ4v) is 2.72. The first-order valence-corrected chi connectivity index (χ1v) is 6.98. The predicted octanol–water partition coefficient (Wildman–Crippen LogP) is 3.53. The molecule has 114 valence electrons.